The van der Waals surface area contributed by atoms with Gasteiger partial charge in [-0.3, -0.25) is 0 Å². The summed E-state index contributed by atoms with van der Waals surface area (Å²) in [4.78, 5) is 0. The van der Waals surface area contributed by atoms with Gasteiger partial charge in [-0.15, -0.1) is 0 Å². The minimum Gasteiger partial charge on any atom is -0.668 e. The van der Waals surface area contributed by atoms with Crippen LogP contribution in [0.25, 0.3) is 16.0 Å². The molecule has 0 radical (unpaired) electrons. The van der Waals surface area contributed by atoms with Crippen LogP contribution in [-0.2, 0) is 26.2 Å². The summed E-state index contributed by atoms with van der Waals surface area (Å²) in [6.07, 6.45) is 8.12. The van der Waals surface area contributed by atoms with Crippen molar-refractivity contribution in [2.45, 2.75) is 39.5 Å². The van der Waals surface area contributed by atoms with Crippen molar-refractivity contribution in [1.29, 1.82) is 0 Å². The topological polar surface area (TPSA) is 42.3 Å². The minimum atomic E-state index is 0. The molecule has 0 N–H and O–H groups in total. The van der Waals surface area contributed by atoms with Crippen molar-refractivity contribution in [3.8, 4) is 0 Å². The fourth-order valence-electron chi connectivity index (χ4n) is 1.79. The molecule has 1 aliphatic rings. The monoisotopic (exact) mass is 347 g/mol. The first kappa shape index (κ1) is 28.0. The first-order chi connectivity index (χ1) is 8.57. The van der Waals surface area contributed by atoms with E-state index in [0.29, 0.717) is 0 Å². The summed E-state index contributed by atoms with van der Waals surface area (Å²) >= 11 is 0. The second-order valence-electron chi connectivity index (χ2n) is 4.68. The fourth-order valence-corrected chi connectivity index (χ4v) is 1.79. The van der Waals surface area contributed by atoms with E-state index in [1.807, 2.05) is 0 Å². The number of hydrogen-bond acceptors (Lipinski definition) is 0. The smallest absolute Gasteiger partial charge is 0.668 e. The molecule has 2 unspecified atom stereocenters. The van der Waals surface area contributed by atoms with Crippen molar-refractivity contribution in [2.24, 2.45) is 11.8 Å². The molecule has 3 nitrogen and oxygen atoms in total. The molecule has 1 fully saturated rings. The van der Waals surface area contributed by atoms with Crippen LogP contribution in [0.4, 0.5) is 0 Å². The molecule has 0 aromatic rings. The zero-order chi connectivity index (χ0) is 14.8. The Balaban J connectivity index is -0.0000000956. The molecule has 1 saturated carbocycles. The van der Waals surface area contributed by atoms with Crippen LogP contribution in [-0.4, -0.2) is 42.3 Å². The van der Waals surface area contributed by atoms with E-state index in [1.165, 1.54) is 25.7 Å². The molecule has 4 heteroatoms. The molecule has 0 aromatic carbocycles. The summed E-state index contributed by atoms with van der Waals surface area (Å²) in [5.74, 6) is 1.94. The van der Waals surface area contributed by atoms with Gasteiger partial charge in [0.2, 0.25) is 0 Å². The van der Waals surface area contributed by atoms with E-state index >= 15 is 0 Å². The second-order valence-corrected chi connectivity index (χ2v) is 4.68. The Morgan fingerprint density at radius 3 is 1.53 bits per heavy atom. The molecule has 0 bridgehead atoms. The quantitative estimate of drug-likeness (QED) is 0.637. The Kier molecular flexibility index (Phi) is 40.0. The van der Waals surface area contributed by atoms with Gasteiger partial charge in [0.1, 0.15) is 0 Å². The molecule has 1 rings (SSSR count). The van der Waals surface area contributed by atoms with Crippen LogP contribution in [0.1, 0.15) is 39.5 Å². The van der Waals surface area contributed by atoms with Gasteiger partial charge in [0, 0.05) is 0 Å². The predicted octanol–water partition coefficient (Wildman–Crippen LogP) is 4.89. The first-order valence-corrected chi connectivity index (χ1v) is 6.84. The minimum absolute atomic E-state index is 0. The molecule has 0 amide bonds. The van der Waals surface area contributed by atoms with Gasteiger partial charge in [0.15, 0.2) is 0 Å². The van der Waals surface area contributed by atoms with Crippen molar-refractivity contribution >= 4 is 0 Å². The standard InChI is InChI=1S/C9H17.3C2H6N.Zr/c1-3-4-9-6-5-8(2)7-9;3*1-3-2;/h5,8-9H,3-4,6-7H2,1-2H3;3*1-2H3;/q4*-1;+4. The van der Waals surface area contributed by atoms with Gasteiger partial charge in [-0.2, -0.15) is 54.6 Å². The maximum absolute atomic E-state index is 3.50. The molecule has 19 heavy (non-hydrogen) atoms. The summed E-state index contributed by atoms with van der Waals surface area (Å²) in [5.41, 5.74) is 0. The molecule has 0 aromatic heterocycles. The van der Waals surface area contributed by atoms with Gasteiger partial charge in [-0.1, -0.05) is 39.0 Å². The molecule has 1 aliphatic carbocycles. The van der Waals surface area contributed by atoms with Crippen molar-refractivity contribution in [3.05, 3.63) is 22.4 Å². The Labute approximate surface area is 142 Å². The Morgan fingerprint density at radius 2 is 1.32 bits per heavy atom. The number of rotatable bonds is 2. The van der Waals surface area contributed by atoms with Gasteiger partial charge in [-0.25, -0.2) is 0 Å². The maximum atomic E-state index is 3.50. The first-order valence-electron chi connectivity index (χ1n) is 6.84. The predicted molar refractivity (Wildman–Crippen MR) is 86.7 cm³/mol. The molecule has 0 saturated heterocycles. The maximum Gasteiger partial charge on any atom is 4.00 e. The van der Waals surface area contributed by atoms with Crippen molar-refractivity contribution in [3.63, 3.8) is 0 Å². The SMILES string of the molecule is CCCC1C[CH-]C(C)C1.C[N-]C.C[N-]C.C[N-]C.[Zr+4]. The average molecular weight is 349 g/mol. The van der Waals surface area contributed by atoms with Crippen LogP contribution in [0.15, 0.2) is 0 Å². The third kappa shape index (κ3) is 32.4. The van der Waals surface area contributed by atoms with Crippen LogP contribution in [0.5, 0.6) is 0 Å². The van der Waals surface area contributed by atoms with Gasteiger partial charge < -0.3 is 22.4 Å². The van der Waals surface area contributed by atoms with E-state index in [0.717, 1.165) is 11.8 Å². The summed E-state index contributed by atoms with van der Waals surface area (Å²) in [6, 6.07) is 0. The van der Waals surface area contributed by atoms with Crippen LogP contribution >= 0.6 is 0 Å². The van der Waals surface area contributed by atoms with E-state index < -0.39 is 0 Å². The fraction of sp³-hybridized carbons (Fsp3) is 0.933. The van der Waals surface area contributed by atoms with E-state index in [1.54, 1.807) is 42.3 Å². The van der Waals surface area contributed by atoms with Crippen molar-refractivity contribution in [2.75, 3.05) is 42.3 Å². The summed E-state index contributed by atoms with van der Waals surface area (Å²) < 4.78 is 0. The van der Waals surface area contributed by atoms with Gasteiger partial charge in [0.05, 0.1) is 0 Å². The van der Waals surface area contributed by atoms with E-state index in [2.05, 4.69) is 36.2 Å². The number of nitrogens with zero attached hydrogens (tertiary/aromatic N) is 3. The zero-order valence-corrected chi connectivity index (χ0v) is 16.9. The second kappa shape index (κ2) is 27.2. The molecule has 2 atom stereocenters. The summed E-state index contributed by atoms with van der Waals surface area (Å²) in [5, 5.41) is 10.5. The van der Waals surface area contributed by atoms with Gasteiger partial charge in [0.25, 0.3) is 0 Å². The Morgan fingerprint density at radius 1 is 0.947 bits per heavy atom. The average Bonchev–Trinajstić information content (AvgIpc) is 2.68. The molecule has 0 spiro atoms. The molecule has 114 valence electrons. The third-order valence-corrected chi connectivity index (χ3v) is 2.27. The van der Waals surface area contributed by atoms with E-state index in [4.69, 9.17) is 0 Å². The normalized spacial score (nSPS) is 19.6. The van der Waals surface area contributed by atoms with Gasteiger partial charge in [-0.05, 0) is 0 Å². The zero-order valence-electron chi connectivity index (χ0n) is 14.4. The molecule has 0 heterocycles. The molecular weight excluding hydrogens is 313 g/mol. The summed E-state index contributed by atoms with van der Waals surface area (Å²) in [6.45, 7) is 4.61. The van der Waals surface area contributed by atoms with Crippen LogP contribution in [0.3, 0.4) is 0 Å². The van der Waals surface area contributed by atoms with Crippen LogP contribution < -0.4 is 0 Å². The van der Waals surface area contributed by atoms with Crippen molar-refractivity contribution < 1.29 is 26.2 Å². The third-order valence-electron chi connectivity index (χ3n) is 2.27. The van der Waals surface area contributed by atoms with Crippen molar-refractivity contribution in [1.82, 2.24) is 0 Å². The van der Waals surface area contributed by atoms with Crippen LogP contribution in [0, 0.1) is 18.3 Å². The van der Waals surface area contributed by atoms with E-state index in [-0.39, 0.29) is 26.2 Å². The summed E-state index contributed by atoms with van der Waals surface area (Å²) in [7, 11) is 10.5. The largest absolute Gasteiger partial charge is 4.00 e. The molecule has 0 aliphatic heterocycles. The van der Waals surface area contributed by atoms with Crippen LogP contribution in [0.2, 0.25) is 0 Å². The molecular formula is C15H35N3Zr. The Hall–Kier alpha value is 0.763. The Bertz CT molecular complexity index is 117. The number of hydrogen-bond donors (Lipinski definition) is 0. The van der Waals surface area contributed by atoms with E-state index in [9.17, 15) is 0 Å². The van der Waals surface area contributed by atoms with Gasteiger partial charge >= 0.3 is 26.2 Å².